The largest absolute Gasteiger partial charge is 0.379 e. The van der Waals surface area contributed by atoms with Gasteiger partial charge in [0.2, 0.25) is 0 Å². The molecule has 0 amide bonds. The Kier molecular flexibility index (Phi) is 3.65. The SMILES string of the molecule is CC1COCCN1CC1(C)CCNCC1. The molecule has 0 saturated carbocycles. The molecular formula is C12H24N2O. The minimum Gasteiger partial charge on any atom is -0.379 e. The topological polar surface area (TPSA) is 24.5 Å². The van der Waals surface area contributed by atoms with E-state index in [0.717, 1.165) is 19.8 Å². The second-order valence-electron chi connectivity index (χ2n) is 5.46. The van der Waals surface area contributed by atoms with Crippen LogP contribution in [0, 0.1) is 5.41 Å². The van der Waals surface area contributed by atoms with Crippen molar-refractivity contribution in [3.05, 3.63) is 0 Å². The van der Waals surface area contributed by atoms with Gasteiger partial charge in [-0.05, 0) is 38.3 Å². The summed E-state index contributed by atoms with van der Waals surface area (Å²) in [5.74, 6) is 0. The van der Waals surface area contributed by atoms with Crippen molar-refractivity contribution in [1.29, 1.82) is 0 Å². The van der Waals surface area contributed by atoms with Gasteiger partial charge in [0.1, 0.15) is 0 Å². The molecule has 0 bridgehead atoms. The molecule has 2 aliphatic rings. The van der Waals surface area contributed by atoms with Crippen LogP contribution >= 0.6 is 0 Å². The van der Waals surface area contributed by atoms with Gasteiger partial charge in [-0.2, -0.15) is 0 Å². The number of nitrogens with zero attached hydrogens (tertiary/aromatic N) is 1. The van der Waals surface area contributed by atoms with Gasteiger partial charge in [-0.3, -0.25) is 4.90 Å². The molecule has 88 valence electrons. The van der Waals surface area contributed by atoms with E-state index >= 15 is 0 Å². The molecule has 0 aromatic rings. The molecule has 0 aromatic heterocycles. The quantitative estimate of drug-likeness (QED) is 0.742. The van der Waals surface area contributed by atoms with E-state index in [2.05, 4.69) is 24.1 Å². The standard InChI is InChI=1S/C12H24N2O/c1-11-9-15-8-7-14(11)10-12(2)3-5-13-6-4-12/h11,13H,3-10H2,1-2H3. The van der Waals surface area contributed by atoms with Crippen molar-refractivity contribution in [2.45, 2.75) is 32.7 Å². The lowest BCUT2D eigenvalue weighted by atomic mass is 9.80. The third-order valence-electron chi connectivity index (χ3n) is 3.90. The highest BCUT2D eigenvalue weighted by atomic mass is 16.5. The van der Waals surface area contributed by atoms with Gasteiger partial charge in [-0.15, -0.1) is 0 Å². The summed E-state index contributed by atoms with van der Waals surface area (Å²) in [4.78, 5) is 2.61. The monoisotopic (exact) mass is 212 g/mol. The zero-order chi connectivity index (χ0) is 10.7. The predicted octanol–water partition coefficient (Wildman–Crippen LogP) is 1.10. The molecule has 2 heterocycles. The Hall–Kier alpha value is -0.120. The highest BCUT2D eigenvalue weighted by molar-refractivity contribution is 4.85. The maximum Gasteiger partial charge on any atom is 0.0619 e. The molecule has 0 spiro atoms. The minimum atomic E-state index is 0.525. The molecule has 15 heavy (non-hydrogen) atoms. The van der Waals surface area contributed by atoms with Crippen LogP contribution in [0.15, 0.2) is 0 Å². The van der Waals surface area contributed by atoms with E-state index in [-0.39, 0.29) is 0 Å². The molecule has 1 N–H and O–H groups in total. The first kappa shape index (κ1) is 11.4. The lowest BCUT2D eigenvalue weighted by Crippen LogP contribution is -2.50. The van der Waals surface area contributed by atoms with E-state index in [0.29, 0.717) is 11.5 Å². The average molecular weight is 212 g/mol. The number of hydrogen-bond acceptors (Lipinski definition) is 3. The van der Waals surface area contributed by atoms with Crippen molar-refractivity contribution in [2.75, 3.05) is 39.4 Å². The van der Waals surface area contributed by atoms with E-state index in [4.69, 9.17) is 4.74 Å². The molecule has 0 aliphatic carbocycles. The van der Waals surface area contributed by atoms with E-state index in [1.54, 1.807) is 0 Å². The fraction of sp³-hybridized carbons (Fsp3) is 1.00. The Morgan fingerprint density at radius 1 is 1.40 bits per heavy atom. The number of rotatable bonds is 2. The van der Waals surface area contributed by atoms with Gasteiger partial charge in [-0.1, -0.05) is 6.92 Å². The van der Waals surface area contributed by atoms with Crippen LogP contribution in [0.2, 0.25) is 0 Å². The van der Waals surface area contributed by atoms with Crippen LogP contribution in [-0.2, 0) is 4.74 Å². The smallest absolute Gasteiger partial charge is 0.0619 e. The molecule has 1 atom stereocenters. The Morgan fingerprint density at radius 3 is 2.80 bits per heavy atom. The highest BCUT2D eigenvalue weighted by Gasteiger charge is 2.31. The third-order valence-corrected chi connectivity index (χ3v) is 3.90. The second-order valence-corrected chi connectivity index (χ2v) is 5.46. The maximum atomic E-state index is 5.48. The van der Waals surface area contributed by atoms with Gasteiger partial charge in [0.05, 0.1) is 13.2 Å². The molecule has 3 heteroatoms. The summed E-state index contributed by atoms with van der Waals surface area (Å²) in [5.41, 5.74) is 0.525. The van der Waals surface area contributed by atoms with Crippen LogP contribution in [0.4, 0.5) is 0 Å². The molecule has 2 fully saturated rings. The van der Waals surface area contributed by atoms with Crippen molar-refractivity contribution in [2.24, 2.45) is 5.41 Å². The van der Waals surface area contributed by atoms with Crippen LogP contribution in [0.5, 0.6) is 0 Å². The number of piperidine rings is 1. The van der Waals surface area contributed by atoms with Gasteiger partial charge in [0.25, 0.3) is 0 Å². The predicted molar refractivity (Wildman–Crippen MR) is 62.1 cm³/mol. The molecule has 1 unspecified atom stereocenters. The van der Waals surface area contributed by atoms with E-state index in [9.17, 15) is 0 Å². The molecule has 2 aliphatic heterocycles. The maximum absolute atomic E-state index is 5.48. The van der Waals surface area contributed by atoms with Gasteiger partial charge in [0, 0.05) is 19.1 Å². The zero-order valence-electron chi connectivity index (χ0n) is 10.1. The van der Waals surface area contributed by atoms with Crippen molar-refractivity contribution in [1.82, 2.24) is 10.2 Å². The lowest BCUT2D eigenvalue weighted by Gasteiger charge is -2.42. The fourth-order valence-electron chi connectivity index (χ4n) is 2.68. The summed E-state index contributed by atoms with van der Waals surface area (Å²) < 4.78 is 5.48. The van der Waals surface area contributed by atoms with Crippen molar-refractivity contribution >= 4 is 0 Å². The van der Waals surface area contributed by atoms with Gasteiger partial charge in [0.15, 0.2) is 0 Å². The Labute approximate surface area is 93.2 Å². The first-order valence-electron chi connectivity index (χ1n) is 6.22. The summed E-state index contributed by atoms with van der Waals surface area (Å²) >= 11 is 0. The van der Waals surface area contributed by atoms with E-state index < -0.39 is 0 Å². The molecule has 0 radical (unpaired) electrons. The van der Waals surface area contributed by atoms with Crippen LogP contribution in [0.25, 0.3) is 0 Å². The lowest BCUT2D eigenvalue weighted by molar-refractivity contribution is -0.0225. The first-order chi connectivity index (χ1) is 7.20. The summed E-state index contributed by atoms with van der Waals surface area (Å²) in [6, 6.07) is 0.602. The first-order valence-corrected chi connectivity index (χ1v) is 6.22. The van der Waals surface area contributed by atoms with Crippen LogP contribution in [0.1, 0.15) is 26.7 Å². The Morgan fingerprint density at radius 2 is 2.13 bits per heavy atom. The van der Waals surface area contributed by atoms with E-state index in [1.165, 1.54) is 32.5 Å². The van der Waals surface area contributed by atoms with Gasteiger partial charge < -0.3 is 10.1 Å². The van der Waals surface area contributed by atoms with Gasteiger partial charge >= 0.3 is 0 Å². The van der Waals surface area contributed by atoms with Crippen LogP contribution in [0.3, 0.4) is 0 Å². The highest BCUT2D eigenvalue weighted by Crippen LogP contribution is 2.30. The molecule has 2 saturated heterocycles. The second kappa shape index (κ2) is 4.81. The van der Waals surface area contributed by atoms with Gasteiger partial charge in [-0.25, -0.2) is 0 Å². The Bertz CT molecular complexity index is 202. The summed E-state index contributed by atoms with van der Waals surface area (Å²) in [5, 5.41) is 3.45. The van der Waals surface area contributed by atoms with E-state index in [1.807, 2.05) is 0 Å². The zero-order valence-corrected chi connectivity index (χ0v) is 10.1. The normalized spacial score (nSPS) is 32.8. The summed E-state index contributed by atoms with van der Waals surface area (Å²) in [7, 11) is 0. The third kappa shape index (κ3) is 2.92. The number of hydrogen-bond donors (Lipinski definition) is 1. The number of morpholine rings is 1. The molecular weight excluding hydrogens is 188 g/mol. The molecule has 3 nitrogen and oxygen atoms in total. The fourth-order valence-corrected chi connectivity index (χ4v) is 2.68. The number of nitrogens with one attached hydrogen (secondary N) is 1. The molecule has 0 aromatic carbocycles. The molecule has 2 rings (SSSR count). The number of ether oxygens (including phenoxy) is 1. The Balaban J connectivity index is 1.88. The minimum absolute atomic E-state index is 0.525. The van der Waals surface area contributed by atoms with Crippen LogP contribution in [-0.4, -0.2) is 50.3 Å². The summed E-state index contributed by atoms with van der Waals surface area (Å²) in [6.45, 7) is 11.3. The van der Waals surface area contributed by atoms with Crippen LogP contribution < -0.4 is 5.32 Å². The van der Waals surface area contributed by atoms with Crippen molar-refractivity contribution < 1.29 is 4.74 Å². The summed E-state index contributed by atoms with van der Waals surface area (Å²) in [6.07, 6.45) is 2.63. The average Bonchev–Trinajstić information content (AvgIpc) is 2.22. The van der Waals surface area contributed by atoms with Crippen molar-refractivity contribution in [3.63, 3.8) is 0 Å². The van der Waals surface area contributed by atoms with Crippen molar-refractivity contribution in [3.8, 4) is 0 Å².